The first-order valence-electron chi connectivity index (χ1n) is 5.78. The van der Waals surface area contributed by atoms with Crippen molar-refractivity contribution in [3.8, 4) is 0 Å². The summed E-state index contributed by atoms with van der Waals surface area (Å²) in [4.78, 5) is 12.2. The lowest BCUT2D eigenvalue weighted by Gasteiger charge is -2.07. The summed E-state index contributed by atoms with van der Waals surface area (Å²) in [7, 11) is 0. The highest BCUT2D eigenvalue weighted by atomic mass is 32.2. The molecule has 1 aromatic rings. The van der Waals surface area contributed by atoms with Gasteiger partial charge in [-0.05, 0) is 37.7 Å². The summed E-state index contributed by atoms with van der Waals surface area (Å²) in [5, 5.41) is 0. The summed E-state index contributed by atoms with van der Waals surface area (Å²) in [5.74, 6) is 0.761. The molecule has 1 aromatic carbocycles. The molecular formula is C13H19NO2S. The molecule has 17 heavy (non-hydrogen) atoms. The Balaban J connectivity index is 2.31. The van der Waals surface area contributed by atoms with Crippen LogP contribution in [-0.2, 0) is 9.53 Å². The number of rotatable bonds is 6. The van der Waals surface area contributed by atoms with Crippen LogP contribution in [0.4, 0.5) is 5.69 Å². The number of aryl methyl sites for hydroxylation is 1. The number of hydrogen-bond acceptors (Lipinski definition) is 4. The number of thioether (sulfide) groups is 1. The van der Waals surface area contributed by atoms with Gasteiger partial charge in [-0.15, -0.1) is 11.8 Å². The van der Waals surface area contributed by atoms with Crippen molar-refractivity contribution in [2.75, 3.05) is 18.1 Å². The maximum absolute atomic E-state index is 11.1. The fraction of sp³-hybridized carbons (Fsp3) is 0.462. The van der Waals surface area contributed by atoms with Gasteiger partial charge in [-0.2, -0.15) is 0 Å². The molecule has 0 heterocycles. The van der Waals surface area contributed by atoms with Gasteiger partial charge in [-0.3, -0.25) is 4.79 Å². The Bertz CT molecular complexity index is 380. The SMILES string of the molecule is CCOC(=O)CCCSc1cccc(C)c1N. The van der Waals surface area contributed by atoms with Crippen molar-refractivity contribution in [3.63, 3.8) is 0 Å². The van der Waals surface area contributed by atoms with E-state index in [-0.39, 0.29) is 5.97 Å². The zero-order valence-electron chi connectivity index (χ0n) is 10.4. The third kappa shape index (κ3) is 4.69. The Hall–Kier alpha value is -1.16. The summed E-state index contributed by atoms with van der Waals surface area (Å²) in [6.45, 7) is 4.27. The highest BCUT2D eigenvalue weighted by Gasteiger charge is 2.04. The first kappa shape index (κ1) is 13.9. The van der Waals surface area contributed by atoms with Crippen LogP contribution in [0, 0.1) is 6.92 Å². The normalized spacial score (nSPS) is 10.2. The molecule has 0 fully saturated rings. The highest BCUT2D eigenvalue weighted by Crippen LogP contribution is 2.27. The van der Waals surface area contributed by atoms with E-state index in [2.05, 4.69) is 0 Å². The largest absolute Gasteiger partial charge is 0.466 e. The Morgan fingerprint density at radius 1 is 1.47 bits per heavy atom. The Labute approximate surface area is 107 Å². The molecule has 4 heteroatoms. The van der Waals surface area contributed by atoms with Gasteiger partial charge in [0.1, 0.15) is 0 Å². The van der Waals surface area contributed by atoms with Gasteiger partial charge < -0.3 is 10.5 Å². The number of esters is 1. The van der Waals surface area contributed by atoms with Crippen molar-refractivity contribution in [2.24, 2.45) is 0 Å². The average Bonchev–Trinajstić information content (AvgIpc) is 2.30. The third-order valence-corrected chi connectivity index (χ3v) is 3.53. The van der Waals surface area contributed by atoms with E-state index in [0.717, 1.165) is 28.3 Å². The summed E-state index contributed by atoms with van der Waals surface area (Å²) < 4.78 is 4.86. The van der Waals surface area contributed by atoms with Crippen LogP contribution in [0.5, 0.6) is 0 Å². The first-order valence-corrected chi connectivity index (χ1v) is 6.77. The third-order valence-electron chi connectivity index (χ3n) is 2.37. The van der Waals surface area contributed by atoms with Crippen molar-refractivity contribution in [3.05, 3.63) is 23.8 Å². The Morgan fingerprint density at radius 3 is 2.94 bits per heavy atom. The number of para-hydroxylation sites is 1. The molecular weight excluding hydrogens is 234 g/mol. The number of nitrogen functional groups attached to an aromatic ring is 1. The predicted octanol–water partition coefficient (Wildman–Crippen LogP) is 3.01. The molecule has 0 atom stereocenters. The van der Waals surface area contributed by atoms with Gasteiger partial charge in [0.15, 0.2) is 0 Å². The number of ether oxygens (including phenoxy) is 1. The fourth-order valence-electron chi connectivity index (χ4n) is 1.41. The average molecular weight is 253 g/mol. The van der Waals surface area contributed by atoms with Gasteiger partial charge in [0, 0.05) is 17.0 Å². The number of benzene rings is 1. The molecule has 0 radical (unpaired) electrons. The summed E-state index contributed by atoms with van der Waals surface area (Å²) in [6, 6.07) is 6.01. The monoisotopic (exact) mass is 253 g/mol. The second-order valence-corrected chi connectivity index (χ2v) is 4.88. The highest BCUT2D eigenvalue weighted by molar-refractivity contribution is 7.99. The zero-order valence-corrected chi connectivity index (χ0v) is 11.2. The maximum atomic E-state index is 11.1. The van der Waals surface area contributed by atoms with Crippen LogP contribution in [0.15, 0.2) is 23.1 Å². The van der Waals surface area contributed by atoms with Crippen molar-refractivity contribution in [1.29, 1.82) is 0 Å². The molecule has 0 bridgehead atoms. The molecule has 0 saturated carbocycles. The van der Waals surface area contributed by atoms with Crippen LogP contribution in [0.1, 0.15) is 25.3 Å². The van der Waals surface area contributed by atoms with E-state index in [1.807, 2.05) is 32.0 Å². The minimum absolute atomic E-state index is 0.120. The lowest BCUT2D eigenvalue weighted by Crippen LogP contribution is -2.03. The van der Waals surface area contributed by atoms with Crippen molar-refractivity contribution in [1.82, 2.24) is 0 Å². The molecule has 0 aliphatic heterocycles. The van der Waals surface area contributed by atoms with E-state index in [1.54, 1.807) is 11.8 Å². The van der Waals surface area contributed by atoms with E-state index in [0.29, 0.717) is 13.0 Å². The van der Waals surface area contributed by atoms with Gasteiger partial charge in [0.05, 0.1) is 6.61 Å². The molecule has 0 aliphatic carbocycles. The van der Waals surface area contributed by atoms with Crippen LogP contribution in [0.2, 0.25) is 0 Å². The summed E-state index contributed by atoms with van der Waals surface area (Å²) in [5.41, 5.74) is 7.90. The number of nitrogens with two attached hydrogens (primary N) is 1. The van der Waals surface area contributed by atoms with E-state index < -0.39 is 0 Å². The molecule has 0 aliphatic rings. The van der Waals surface area contributed by atoms with Gasteiger partial charge in [0.2, 0.25) is 0 Å². The lowest BCUT2D eigenvalue weighted by atomic mass is 10.2. The molecule has 3 nitrogen and oxygen atoms in total. The van der Waals surface area contributed by atoms with Crippen LogP contribution in [-0.4, -0.2) is 18.3 Å². The van der Waals surface area contributed by atoms with E-state index in [9.17, 15) is 4.79 Å². The van der Waals surface area contributed by atoms with Gasteiger partial charge >= 0.3 is 5.97 Å². The number of carbonyl (C=O) groups excluding carboxylic acids is 1. The van der Waals surface area contributed by atoms with Gasteiger partial charge in [-0.25, -0.2) is 0 Å². The summed E-state index contributed by atoms with van der Waals surface area (Å²) in [6.07, 6.45) is 1.30. The molecule has 2 N–H and O–H groups in total. The number of carbonyl (C=O) groups is 1. The Kier molecular flexibility index (Phi) is 5.91. The minimum Gasteiger partial charge on any atom is -0.466 e. The second kappa shape index (κ2) is 7.22. The predicted molar refractivity (Wildman–Crippen MR) is 72.2 cm³/mol. The maximum Gasteiger partial charge on any atom is 0.305 e. The first-order chi connectivity index (χ1) is 8.15. The zero-order chi connectivity index (χ0) is 12.7. The second-order valence-electron chi connectivity index (χ2n) is 3.74. The standard InChI is InChI=1S/C13H19NO2S/c1-3-16-12(15)8-5-9-17-11-7-4-6-10(2)13(11)14/h4,6-7H,3,5,8-9,14H2,1-2H3. The molecule has 1 rings (SSSR count). The van der Waals surface area contributed by atoms with Crippen LogP contribution in [0.3, 0.4) is 0 Å². The van der Waals surface area contributed by atoms with Crippen molar-refractivity contribution < 1.29 is 9.53 Å². The fourth-order valence-corrected chi connectivity index (χ4v) is 2.41. The van der Waals surface area contributed by atoms with Gasteiger partial charge in [0.25, 0.3) is 0 Å². The number of hydrogen-bond donors (Lipinski definition) is 1. The Morgan fingerprint density at radius 2 is 2.24 bits per heavy atom. The molecule has 0 amide bonds. The smallest absolute Gasteiger partial charge is 0.305 e. The van der Waals surface area contributed by atoms with Gasteiger partial charge in [-0.1, -0.05) is 12.1 Å². The minimum atomic E-state index is -0.120. The molecule has 94 valence electrons. The quantitative estimate of drug-likeness (QED) is 0.366. The lowest BCUT2D eigenvalue weighted by molar-refractivity contribution is -0.143. The van der Waals surface area contributed by atoms with Crippen LogP contribution in [0.25, 0.3) is 0 Å². The van der Waals surface area contributed by atoms with Crippen LogP contribution < -0.4 is 5.73 Å². The molecule has 0 unspecified atom stereocenters. The topological polar surface area (TPSA) is 52.3 Å². The van der Waals surface area contributed by atoms with Crippen molar-refractivity contribution in [2.45, 2.75) is 31.6 Å². The molecule has 0 saturated heterocycles. The van der Waals surface area contributed by atoms with E-state index >= 15 is 0 Å². The number of anilines is 1. The van der Waals surface area contributed by atoms with Crippen LogP contribution >= 0.6 is 11.8 Å². The van der Waals surface area contributed by atoms with Crippen molar-refractivity contribution >= 4 is 23.4 Å². The molecule has 0 aromatic heterocycles. The molecule has 0 spiro atoms. The summed E-state index contributed by atoms with van der Waals surface area (Å²) >= 11 is 1.69. The van der Waals surface area contributed by atoms with E-state index in [1.165, 1.54) is 0 Å². The van der Waals surface area contributed by atoms with E-state index in [4.69, 9.17) is 10.5 Å².